The van der Waals surface area contributed by atoms with E-state index in [1.54, 1.807) is 6.20 Å². The maximum absolute atomic E-state index is 4.60. The van der Waals surface area contributed by atoms with Crippen molar-refractivity contribution < 1.29 is 0 Å². The number of anilines is 4. The van der Waals surface area contributed by atoms with Crippen LogP contribution >= 0.6 is 0 Å². The molecule has 0 amide bonds. The molecule has 3 rings (SSSR count). The maximum atomic E-state index is 4.60. The summed E-state index contributed by atoms with van der Waals surface area (Å²) in [6.07, 6.45) is 2.81. The van der Waals surface area contributed by atoms with Crippen molar-refractivity contribution in [2.24, 2.45) is 0 Å². The molecule has 0 unspecified atom stereocenters. The largest absolute Gasteiger partial charge is 0.378 e. The second-order valence-corrected chi connectivity index (χ2v) is 5.62. The highest BCUT2D eigenvalue weighted by atomic mass is 15.3. The Morgan fingerprint density at radius 2 is 1.91 bits per heavy atom. The van der Waals surface area contributed by atoms with Crippen molar-refractivity contribution in [1.29, 1.82) is 0 Å². The van der Waals surface area contributed by atoms with Crippen molar-refractivity contribution in [3.8, 4) is 0 Å². The molecular formula is C17H22N6. The summed E-state index contributed by atoms with van der Waals surface area (Å²) >= 11 is 0. The van der Waals surface area contributed by atoms with Gasteiger partial charge in [-0.05, 0) is 30.7 Å². The molecule has 3 aromatic rings. The molecule has 2 aromatic heterocycles. The fourth-order valence-corrected chi connectivity index (χ4v) is 2.35. The summed E-state index contributed by atoms with van der Waals surface area (Å²) in [5.74, 6) is 1.74. The number of nitrogens with zero attached hydrogens (tertiary/aromatic N) is 4. The second-order valence-electron chi connectivity index (χ2n) is 5.62. The van der Waals surface area contributed by atoms with Gasteiger partial charge in [-0.25, -0.2) is 4.98 Å². The summed E-state index contributed by atoms with van der Waals surface area (Å²) in [7, 11) is 4.06. The normalized spacial score (nSPS) is 10.7. The van der Waals surface area contributed by atoms with Gasteiger partial charge in [-0.2, -0.15) is 9.61 Å². The average Bonchev–Trinajstić information content (AvgIpc) is 3.01. The van der Waals surface area contributed by atoms with Gasteiger partial charge in [-0.1, -0.05) is 6.92 Å². The van der Waals surface area contributed by atoms with E-state index in [9.17, 15) is 0 Å². The van der Waals surface area contributed by atoms with Crippen LogP contribution in [-0.2, 0) is 0 Å². The van der Waals surface area contributed by atoms with E-state index >= 15 is 0 Å². The lowest BCUT2D eigenvalue weighted by molar-refractivity contribution is 0.904. The van der Waals surface area contributed by atoms with Crippen molar-refractivity contribution in [2.75, 3.05) is 36.2 Å². The molecule has 0 aliphatic rings. The minimum atomic E-state index is 0.800. The quantitative estimate of drug-likeness (QED) is 0.731. The Morgan fingerprint density at radius 1 is 1.13 bits per heavy atom. The Balaban J connectivity index is 1.87. The molecule has 0 aliphatic carbocycles. The fourth-order valence-electron chi connectivity index (χ4n) is 2.35. The lowest BCUT2D eigenvalue weighted by Crippen LogP contribution is -2.09. The first-order valence-electron chi connectivity index (χ1n) is 7.80. The van der Waals surface area contributed by atoms with Gasteiger partial charge in [0.15, 0.2) is 5.65 Å². The number of benzene rings is 1. The summed E-state index contributed by atoms with van der Waals surface area (Å²) in [5, 5.41) is 11.1. The Kier molecular flexibility index (Phi) is 4.32. The predicted molar refractivity (Wildman–Crippen MR) is 95.8 cm³/mol. The Morgan fingerprint density at radius 3 is 2.61 bits per heavy atom. The van der Waals surface area contributed by atoms with E-state index in [0.29, 0.717) is 0 Å². The molecule has 23 heavy (non-hydrogen) atoms. The van der Waals surface area contributed by atoms with Gasteiger partial charge in [-0.15, -0.1) is 0 Å². The zero-order valence-corrected chi connectivity index (χ0v) is 13.7. The van der Waals surface area contributed by atoms with Crippen molar-refractivity contribution in [1.82, 2.24) is 14.6 Å². The molecule has 0 atom stereocenters. The number of hydrogen-bond acceptors (Lipinski definition) is 5. The molecule has 0 spiro atoms. The lowest BCUT2D eigenvalue weighted by Gasteiger charge is -2.14. The zero-order valence-electron chi connectivity index (χ0n) is 13.7. The summed E-state index contributed by atoms with van der Waals surface area (Å²) in [5.41, 5.74) is 2.99. The Bertz CT molecular complexity index is 775. The van der Waals surface area contributed by atoms with Gasteiger partial charge in [0.25, 0.3) is 0 Å². The summed E-state index contributed by atoms with van der Waals surface area (Å²) in [6, 6.07) is 12.1. The van der Waals surface area contributed by atoms with Gasteiger partial charge in [0, 0.05) is 44.1 Å². The first-order valence-corrected chi connectivity index (χ1v) is 7.80. The average molecular weight is 310 g/mol. The first-order chi connectivity index (χ1) is 11.2. The molecular weight excluding hydrogens is 288 g/mol. The van der Waals surface area contributed by atoms with Crippen LogP contribution in [0, 0.1) is 0 Å². The highest BCUT2D eigenvalue weighted by Gasteiger charge is 2.06. The standard InChI is InChI=1S/C17H22N6/c1-4-10-18-17-12-15(21-16-9-11-19-23(16)17)20-13-5-7-14(8-6-13)22(2)3/h5-9,11-12,18H,4,10H2,1-3H3,(H,20,21). The Hall–Kier alpha value is -2.76. The molecule has 0 bridgehead atoms. The van der Waals surface area contributed by atoms with Gasteiger partial charge in [0.05, 0.1) is 6.20 Å². The van der Waals surface area contributed by atoms with E-state index in [0.717, 1.165) is 35.9 Å². The van der Waals surface area contributed by atoms with E-state index in [2.05, 4.69) is 56.8 Å². The minimum Gasteiger partial charge on any atom is -0.378 e. The molecule has 0 aliphatic heterocycles. The van der Waals surface area contributed by atoms with E-state index < -0.39 is 0 Å². The Labute approximate surface area is 136 Å². The van der Waals surface area contributed by atoms with Crippen LogP contribution in [0.3, 0.4) is 0 Å². The molecule has 0 saturated heterocycles. The van der Waals surface area contributed by atoms with E-state index in [-0.39, 0.29) is 0 Å². The third-order valence-electron chi connectivity index (χ3n) is 3.57. The van der Waals surface area contributed by atoms with E-state index in [1.807, 2.05) is 30.7 Å². The molecule has 0 saturated carbocycles. The van der Waals surface area contributed by atoms with Crippen LogP contribution in [0.1, 0.15) is 13.3 Å². The number of hydrogen-bond donors (Lipinski definition) is 2. The lowest BCUT2D eigenvalue weighted by atomic mass is 10.2. The second kappa shape index (κ2) is 6.56. The van der Waals surface area contributed by atoms with Gasteiger partial charge in [-0.3, -0.25) is 0 Å². The van der Waals surface area contributed by atoms with Gasteiger partial charge in [0.1, 0.15) is 11.6 Å². The molecule has 2 N–H and O–H groups in total. The number of rotatable bonds is 6. The molecule has 0 radical (unpaired) electrons. The van der Waals surface area contributed by atoms with Crippen LogP contribution in [0.4, 0.5) is 23.0 Å². The third kappa shape index (κ3) is 3.36. The van der Waals surface area contributed by atoms with Crippen molar-refractivity contribution in [3.05, 3.63) is 42.6 Å². The maximum Gasteiger partial charge on any atom is 0.159 e. The smallest absolute Gasteiger partial charge is 0.159 e. The highest BCUT2D eigenvalue weighted by Crippen LogP contribution is 2.22. The molecule has 0 fully saturated rings. The molecule has 2 heterocycles. The summed E-state index contributed by atoms with van der Waals surface area (Å²) in [6.45, 7) is 3.04. The molecule has 120 valence electrons. The van der Waals surface area contributed by atoms with Crippen LogP contribution in [0.2, 0.25) is 0 Å². The van der Waals surface area contributed by atoms with Crippen LogP contribution in [0.15, 0.2) is 42.6 Å². The number of fused-ring (bicyclic) bond motifs is 1. The predicted octanol–water partition coefficient (Wildman–Crippen LogP) is 3.36. The van der Waals surface area contributed by atoms with Crippen LogP contribution in [0.25, 0.3) is 5.65 Å². The SMILES string of the molecule is CCCNc1cc(Nc2ccc(N(C)C)cc2)nc2ccnn12. The first kappa shape index (κ1) is 15.1. The third-order valence-corrected chi connectivity index (χ3v) is 3.57. The number of nitrogens with one attached hydrogen (secondary N) is 2. The number of aromatic nitrogens is 3. The molecule has 6 nitrogen and oxygen atoms in total. The van der Waals surface area contributed by atoms with Gasteiger partial charge < -0.3 is 15.5 Å². The van der Waals surface area contributed by atoms with Gasteiger partial charge in [0.2, 0.25) is 0 Å². The topological polar surface area (TPSA) is 57.5 Å². The van der Waals surface area contributed by atoms with E-state index in [4.69, 9.17) is 0 Å². The molecule has 1 aromatic carbocycles. The molecule has 6 heteroatoms. The van der Waals surface area contributed by atoms with Crippen LogP contribution in [0.5, 0.6) is 0 Å². The summed E-state index contributed by atoms with van der Waals surface area (Å²) < 4.78 is 1.82. The van der Waals surface area contributed by atoms with Crippen LogP contribution < -0.4 is 15.5 Å². The van der Waals surface area contributed by atoms with Crippen molar-refractivity contribution in [3.63, 3.8) is 0 Å². The highest BCUT2D eigenvalue weighted by molar-refractivity contribution is 5.65. The summed E-state index contributed by atoms with van der Waals surface area (Å²) in [4.78, 5) is 6.67. The monoisotopic (exact) mass is 310 g/mol. The van der Waals surface area contributed by atoms with E-state index in [1.165, 1.54) is 5.69 Å². The fraction of sp³-hybridized carbons (Fsp3) is 0.294. The zero-order chi connectivity index (χ0) is 16.2. The minimum absolute atomic E-state index is 0.800. The van der Waals surface area contributed by atoms with Crippen LogP contribution in [-0.4, -0.2) is 35.2 Å². The van der Waals surface area contributed by atoms with Crippen molar-refractivity contribution in [2.45, 2.75) is 13.3 Å². The van der Waals surface area contributed by atoms with Gasteiger partial charge >= 0.3 is 0 Å². The van der Waals surface area contributed by atoms with Crippen molar-refractivity contribution >= 4 is 28.7 Å².